The maximum absolute atomic E-state index is 6.18. The van der Waals surface area contributed by atoms with Crippen molar-refractivity contribution in [2.45, 2.75) is 6.92 Å². The Hall–Kier alpha value is -1.97. The highest BCUT2D eigenvalue weighted by atomic mass is 35.5. The van der Waals surface area contributed by atoms with Crippen LogP contribution in [-0.2, 0) is 0 Å². The van der Waals surface area contributed by atoms with E-state index < -0.39 is 0 Å². The summed E-state index contributed by atoms with van der Waals surface area (Å²) in [7, 11) is 0. The number of nitrogens with zero attached hydrogens (tertiary/aromatic N) is 1. The molecule has 0 aliphatic carbocycles. The van der Waals surface area contributed by atoms with Crippen LogP contribution in [0.25, 0.3) is 10.9 Å². The number of hydrogen-bond donors (Lipinski definition) is 1. The first-order chi connectivity index (χ1) is 10.1. The van der Waals surface area contributed by atoms with Gasteiger partial charge in [-0.2, -0.15) is 0 Å². The number of pyridine rings is 1. The number of rotatable bonds is 2. The highest BCUT2D eigenvalue weighted by molar-refractivity contribution is 6.35. The molecule has 0 radical (unpaired) electrons. The first kappa shape index (κ1) is 14.0. The molecule has 2 N–H and O–H groups in total. The fourth-order valence-electron chi connectivity index (χ4n) is 2.11. The van der Waals surface area contributed by atoms with Crippen LogP contribution in [0.15, 0.2) is 42.6 Å². The Morgan fingerprint density at radius 2 is 1.86 bits per heavy atom. The number of nitrogens with two attached hydrogens (primary N) is 1. The summed E-state index contributed by atoms with van der Waals surface area (Å²) in [6.45, 7) is 1.91. The van der Waals surface area contributed by atoms with Gasteiger partial charge in [0.25, 0.3) is 0 Å². The summed E-state index contributed by atoms with van der Waals surface area (Å²) in [6, 6.07) is 10.8. The van der Waals surface area contributed by atoms with E-state index in [2.05, 4.69) is 4.98 Å². The van der Waals surface area contributed by atoms with E-state index >= 15 is 0 Å². The molecule has 0 aliphatic rings. The fraction of sp³-hybridized carbons (Fsp3) is 0.0625. The maximum Gasteiger partial charge on any atom is 0.153 e. The van der Waals surface area contributed by atoms with Crippen molar-refractivity contribution in [3.63, 3.8) is 0 Å². The number of aromatic nitrogens is 1. The summed E-state index contributed by atoms with van der Waals surface area (Å²) in [4.78, 5) is 4.34. The average molecular weight is 319 g/mol. The van der Waals surface area contributed by atoms with Gasteiger partial charge in [-0.15, -0.1) is 0 Å². The van der Waals surface area contributed by atoms with E-state index in [1.165, 1.54) is 0 Å². The number of halogens is 2. The molecule has 0 atom stereocenters. The monoisotopic (exact) mass is 318 g/mol. The van der Waals surface area contributed by atoms with Crippen LogP contribution in [0.1, 0.15) is 5.56 Å². The molecule has 0 fully saturated rings. The zero-order valence-corrected chi connectivity index (χ0v) is 12.7. The van der Waals surface area contributed by atoms with Gasteiger partial charge in [0.2, 0.25) is 0 Å². The number of fused-ring (bicyclic) bond motifs is 1. The van der Waals surface area contributed by atoms with E-state index in [9.17, 15) is 0 Å². The number of aryl methyl sites for hydroxylation is 1. The van der Waals surface area contributed by atoms with Gasteiger partial charge in [-0.1, -0.05) is 23.2 Å². The van der Waals surface area contributed by atoms with Crippen LogP contribution in [0.3, 0.4) is 0 Å². The normalized spacial score (nSPS) is 10.8. The Morgan fingerprint density at radius 3 is 2.67 bits per heavy atom. The van der Waals surface area contributed by atoms with E-state index in [1.54, 1.807) is 30.5 Å². The predicted molar refractivity (Wildman–Crippen MR) is 87.4 cm³/mol. The first-order valence-electron chi connectivity index (χ1n) is 6.33. The van der Waals surface area contributed by atoms with Crippen LogP contribution in [0.5, 0.6) is 11.5 Å². The molecule has 0 spiro atoms. The van der Waals surface area contributed by atoms with Gasteiger partial charge in [0.1, 0.15) is 11.3 Å². The third-order valence-electron chi connectivity index (χ3n) is 3.19. The second kappa shape index (κ2) is 5.43. The maximum atomic E-state index is 6.18. The number of benzene rings is 2. The fourth-order valence-corrected chi connectivity index (χ4v) is 2.48. The van der Waals surface area contributed by atoms with Crippen molar-refractivity contribution in [2.75, 3.05) is 5.73 Å². The largest absolute Gasteiger partial charge is 0.455 e. The molecule has 3 aromatic rings. The molecule has 1 aromatic heterocycles. The Labute approximate surface area is 132 Å². The van der Waals surface area contributed by atoms with Gasteiger partial charge >= 0.3 is 0 Å². The molecule has 0 saturated carbocycles. The summed E-state index contributed by atoms with van der Waals surface area (Å²) in [5, 5.41) is 1.94. The molecule has 0 amide bonds. The van der Waals surface area contributed by atoms with Gasteiger partial charge in [-0.25, -0.2) is 0 Å². The Bertz CT molecular complexity index is 834. The highest BCUT2D eigenvalue weighted by Gasteiger charge is 2.10. The predicted octanol–water partition coefficient (Wildman–Crippen LogP) is 5.22. The van der Waals surface area contributed by atoms with Gasteiger partial charge in [-0.3, -0.25) is 4.98 Å². The number of nitrogen functional groups attached to an aromatic ring is 1. The van der Waals surface area contributed by atoms with Crippen LogP contribution in [0.2, 0.25) is 10.0 Å². The summed E-state index contributed by atoms with van der Waals surface area (Å²) in [5.41, 5.74) is 7.91. The molecule has 0 saturated heterocycles. The molecule has 3 rings (SSSR count). The lowest BCUT2D eigenvalue weighted by Crippen LogP contribution is -1.93. The summed E-state index contributed by atoms with van der Waals surface area (Å²) < 4.78 is 5.95. The van der Waals surface area contributed by atoms with Crippen molar-refractivity contribution in [3.05, 3.63) is 58.2 Å². The van der Waals surface area contributed by atoms with Crippen LogP contribution in [-0.4, -0.2) is 4.98 Å². The van der Waals surface area contributed by atoms with Gasteiger partial charge in [-0.05, 0) is 42.8 Å². The Kier molecular flexibility index (Phi) is 3.62. The van der Waals surface area contributed by atoms with Crippen molar-refractivity contribution in [2.24, 2.45) is 0 Å². The minimum absolute atomic E-state index is 0.460. The topological polar surface area (TPSA) is 48.1 Å². The zero-order chi connectivity index (χ0) is 15.0. The Morgan fingerprint density at radius 1 is 1.05 bits per heavy atom. The molecule has 3 nitrogen and oxygen atoms in total. The molecule has 21 heavy (non-hydrogen) atoms. The lowest BCUT2D eigenvalue weighted by atomic mass is 10.2. The quantitative estimate of drug-likeness (QED) is 0.658. The molecule has 1 heterocycles. The van der Waals surface area contributed by atoms with E-state index in [0.29, 0.717) is 32.7 Å². The molecule has 0 unspecified atom stereocenters. The Balaban J connectivity index is 2.11. The van der Waals surface area contributed by atoms with Crippen molar-refractivity contribution in [1.82, 2.24) is 4.98 Å². The lowest BCUT2D eigenvalue weighted by molar-refractivity contribution is 0.483. The smallest absolute Gasteiger partial charge is 0.153 e. The third-order valence-corrected chi connectivity index (χ3v) is 3.85. The van der Waals surface area contributed by atoms with E-state index in [1.807, 2.05) is 19.1 Å². The van der Waals surface area contributed by atoms with E-state index in [0.717, 1.165) is 10.9 Å². The van der Waals surface area contributed by atoms with E-state index in [4.69, 9.17) is 33.7 Å². The second-order valence-corrected chi connectivity index (χ2v) is 5.50. The SMILES string of the molecule is Cc1cc(N)c(Cl)cc1Oc1ccc(Cl)c2cccnc12. The summed E-state index contributed by atoms with van der Waals surface area (Å²) in [6.07, 6.45) is 1.70. The highest BCUT2D eigenvalue weighted by Crippen LogP contribution is 2.36. The number of ether oxygens (including phenoxy) is 1. The van der Waals surface area contributed by atoms with Crippen LogP contribution in [0, 0.1) is 6.92 Å². The third kappa shape index (κ3) is 2.62. The summed E-state index contributed by atoms with van der Waals surface area (Å²) in [5.74, 6) is 1.27. The minimum atomic E-state index is 0.460. The molecule has 0 bridgehead atoms. The first-order valence-corrected chi connectivity index (χ1v) is 7.08. The van der Waals surface area contributed by atoms with Crippen molar-refractivity contribution in [1.29, 1.82) is 0 Å². The molecule has 5 heteroatoms. The molecule has 106 valence electrons. The van der Waals surface area contributed by atoms with Gasteiger partial charge < -0.3 is 10.5 Å². The average Bonchev–Trinajstić information content (AvgIpc) is 2.48. The second-order valence-electron chi connectivity index (χ2n) is 4.69. The van der Waals surface area contributed by atoms with Gasteiger partial charge in [0, 0.05) is 17.6 Å². The number of anilines is 1. The van der Waals surface area contributed by atoms with Gasteiger partial charge in [0.15, 0.2) is 5.75 Å². The van der Waals surface area contributed by atoms with Crippen molar-refractivity contribution < 1.29 is 4.74 Å². The lowest BCUT2D eigenvalue weighted by Gasteiger charge is -2.12. The van der Waals surface area contributed by atoms with Crippen LogP contribution in [0.4, 0.5) is 5.69 Å². The zero-order valence-electron chi connectivity index (χ0n) is 11.2. The van der Waals surface area contributed by atoms with Crippen molar-refractivity contribution in [3.8, 4) is 11.5 Å². The molecule has 2 aromatic carbocycles. The van der Waals surface area contributed by atoms with E-state index in [-0.39, 0.29) is 0 Å². The summed E-state index contributed by atoms with van der Waals surface area (Å²) >= 11 is 12.2. The number of hydrogen-bond acceptors (Lipinski definition) is 3. The standard InChI is InChI=1S/C16H12Cl2N2O/c1-9-7-13(19)12(18)8-15(9)21-14-5-4-11(17)10-3-2-6-20-16(10)14/h2-8H,19H2,1H3. The minimum Gasteiger partial charge on any atom is -0.455 e. The van der Waals surface area contributed by atoms with Crippen molar-refractivity contribution >= 4 is 39.8 Å². The van der Waals surface area contributed by atoms with Crippen LogP contribution >= 0.6 is 23.2 Å². The molecule has 0 aliphatic heterocycles. The molecular weight excluding hydrogens is 307 g/mol. The van der Waals surface area contributed by atoms with Gasteiger partial charge in [0.05, 0.1) is 15.7 Å². The van der Waals surface area contributed by atoms with Crippen LogP contribution < -0.4 is 10.5 Å². The molecular formula is C16H12Cl2N2O.